The van der Waals surface area contributed by atoms with E-state index in [-0.39, 0.29) is 0 Å². The topological polar surface area (TPSA) is 58.8 Å². The largest absolute Gasteiger partial charge is 0.495 e. The van der Waals surface area contributed by atoms with Gasteiger partial charge in [-0.1, -0.05) is 12.1 Å². The van der Waals surface area contributed by atoms with Gasteiger partial charge in [0.15, 0.2) is 6.29 Å². The van der Waals surface area contributed by atoms with Crippen LogP contribution in [0.25, 0.3) is 0 Å². The first-order valence-corrected chi connectivity index (χ1v) is 7.70. The number of benzene rings is 2. The summed E-state index contributed by atoms with van der Waals surface area (Å²) in [5.74, 6) is 0.834. The number of nitrogen functional groups attached to an aromatic ring is 1. The van der Waals surface area contributed by atoms with Crippen LogP contribution in [0.1, 0.15) is 10.4 Å². The number of hydrogen-bond donors (Lipinski definition) is 1. The first-order valence-electron chi connectivity index (χ1n) is 7.70. The summed E-state index contributed by atoms with van der Waals surface area (Å²) in [6.07, 6.45) is 0.919. The van der Waals surface area contributed by atoms with E-state index in [1.807, 2.05) is 42.5 Å². The highest BCUT2D eigenvalue weighted by molar-refractivity contribution is 5.84. The second-order valence-electron chi connectivity index (χ2n) is 5.58. The molecule has 0 aliphatic carbocycles. The molecule has 0 unspecified atom stereocenters. The number of anilines is 3. The monoisotopic (exact) mass is 311 g/mol. The summed E-state index contributed by atoms with van der Waals surface area (Å²) in [7, 11) is 1.67. The maximum Gasteiger partial charge on any atom is 0.152 e. The Morgan fingerprint density at radius 1 is 1.00 bits per heavy atom. The minimum atomic E-state index is 0.731. The van der Waals surface area contributed by atoms with Gasteiger partial charge < -0.3 is 20.3 Å². The van der Waals surface area contributed by atoms with Crippen LogP contribution in [0.15, 0.2) is 42.5 Å². The number of hydrogen-bond acceptors (Lipinski definition) is 5. The molecule has 1 saturated heterocycles. The fourth-order valence-electron chi connectivity index (χ4n) is 3.02. The van der Waals surface area contributed by atoms with Crippen molar-refractivity contribution in [1.29, 1.82) is 0 Å². The quantitative estimate of drug-likeness (QED) is 0.694. The summed E-state index contributed by atoms with van der Waals surface area (Å²) >= 11 is 0. The third-order valence-corrected chi connectivity index (χ3v) is 4.23. The number of nitrogens with two attached hydrogens (primary N) is 1. The highest BCUT2D eigenvalue weighted by Gasteiger charge is 2.21. The lowest BCUT2D eigenvalue weighted by Gasteiger charge is -2.38. The smallest absolute Gasteiger partial charge is 0.152 e. The van der Waals surface area contributed by atoms with E-state index >= 15 is 0 Å². The Hall–Kier alpha value is -2.69. The Morgan fingerprint density at radius 2 is 1.65 bits per heavy atom. The molecule has 0 amide bonds. The number of methoxy groups -OCH3 is 1. The van der Waals surface area contributed by atoms with Crippen molar-refractivity contribution >= 4 is 23.3 Å². The molecule has 1 heterocycles. The Bertz CT molecular complexity index is 694. The molecule has 1 aliphatic rings. The zero-order chi connectivity index (χ0) is 16.2. The molecule has 0 atom stereocenters. The van der Waals surface area contributed by atoms with Gasteiger partial charge in [-0.25, -0.2) is 0 Å². The van der Waals surface area contributed by atoms with Crippen LogP contribution in [0.2, 0.25) is 0 Å². The lowest BCUT2D eigenvalue weighted by molar-refractivity contribution is 0.112. The molecule has 5 nitrogen and oxygen atoms in total. The average Bonchev–Trinajstić information content (AvgIpc) is 2.62. The molecule has 5 heteroatoms. The van der Waals surface area contributed by atoms with Crippen molar-refractivity contribution in [2.45, 2.75) is 0 Å². The number of rotatable bonds is 4. The lowest BCUT2D eigenvalue weighted by atomic mass is 10.1. The molecule has 2 aromatic carbocycles. The molecule has 1 aliphatic heterocycles. The number of ether oxygens (including phenoxy) is 1. The standard InChI is InChI=1S/C18H21N3O2/c1-23-18-7-6-15(19)12-17(18)21-10-8-20(9-11-21)16-5-3-2-4-14(16)13-22/h2-7,12-13H,8-11,19H2,1H3. The fourth-order valence-corrected chi connectivity index (χ4v) is 3.02. The van der Waals surface area contributed by atoms with Gasteiger partial charge in [0, 0.05) is 43.1 Å². The van der Waals surface area contributed by atoms with E-state index in [4.69, 9.17) is 10.5 Å². The normalized spacial score (nSPS) is 14.7. The molecule has 0 aromatic heterocycles. The van der Waals surface area contributed by atoms with Gasteiger partial charge in [0.1, 0.15) is 5.75 Å². The minimum Gasteiger partial charge on any atom is -0.495 e. The predicted molar refractivity (Wildman–Crippen MR) is 93.7 cm³/mol. The second-order valence-corrected chi connectivity index (χ2v) is 5.58. The SMILES string of the molecule is COc1ccc(N)cc1N1CCN(c2ccccc2C=O)CC1. The van der Waals surface area contributed by atoms with Crippen LogP contribution in [0.5, 0.6) is 5.75 Å². The van der Waals surface area contributed by atoms with Gasteiger partial charge in [-0.05, 0) is 30.3 Å². The number of carbonyl (C=O) groups is 1. The molecular weight excluding hydrogens is 290 g/mol. The summed E-state index contributed by atoms with van der Waals surface area (Å²) in [5.41, 5.74) is 9.41. The molecular formula is C18H21N3O2. The van der Waals surface area contributed by atoms with Gasteiger partial charge in [0.2, 0.25) is 0 Å². The third-order valence-electron chi connectivity index (χ3n) is 4.23. The maximum absolute atomic E-state index is 11.2. The van der Waals surface area contributed by atoms with Crippen molar-refractivity contribution in [1.82, 2.24) is 0 Å². The van der Waals surface area contributed by atoms with Crippen LogP contribution in [-0.4, -0.2) is 39.6 Å². The Labute approximate surface area is 136 Å². The molecule has 120 valence electrons. The summed E-state index contributed by atoms with van der Waals surface area (Å²) in [6, 6.07) is 13.4. The van der Waals surface area contributed by atoms with E-state index < -0.39 is 0 Å². The molecule has 0 spiro atoms. The van der Waals surface area contributed by atoms with Gasteiger partial charge in [-0.3, -0.25) is 4.79 Å². The van der Waals surface area contributed by atoms with Crippen molar-refractivity contribution in [2.75, 3.05) is 48.8 Å². The molecule has 3 rings (SSSR count). The van der Waals surface area contributed by atoms with Crippen molar-refractivity contribution in [3.63, 3.8) is 0 Å². The second kappa shape index (κ2) is 6.60. The molecule has 2 N–H and O–H groups in total. The predicted octanol–water partition coefficient (Wildman–Crippen LogP) is 2.42. The number of nitrogens with zero attached hydrogens (tertiary/aromatic N) is 2. The third kappa shape index (κ3) is 3.08. The molecule has 2 aromatic rings. The molecule has 0 bridgehead atoms. The first kappa shape index (κ1) is 15.2. The number of para-hydroxylation sites is 1. The summed E-state index contributed by atoms with van der Waals surface area (Å²) in [6.45, 7) is 3.41. The van der Waals surface area contributed by atoms with E-state index in [1.165, 1.54) is 0 Å². The zero-order valence-corrected chi connectivity index (χ0v) is 13.2. The summed E-state index contributed by atoms with van der Waals surface area (Å²) < 4.78 is 5.44. The van der Waals surface area contributed by atoms with E-state index in [1.54, 1.807) is 7.11 Å². The van der Waals surface area contributed by atoms with Crippen molar-refractivity contribution < 1.29 is 9.53 Å². The Morgan fingerprint density at radius 3 is 2.30 bits per heavy atom. The first-order chi connectivity index (χ1) is 11.2. The van der Waals surface area contributed by atoms with E-state index in [2.05, 4.69) is 9.80 Å². The van der Waals surface area contributed by atoms with Crippen LogP contribution >= 0.6 is 0 Å². The summed E-state index contributed by atoms with van der Waals surface area (Å²) in [4.78, 5) is 15.7. The fraction of sp³-hybridized carbons (Fsp3) is 0.278. The van der Waals surface area contributed by atoms with Gasteiger partial charge in [0.25, 0.3) is 0 Å². The van der Waals surface area contributed by atoms with Gasteiger partial charge in [-0.2, -0.15) is 0 Å². The van der Waals surface area contributed by atoms with Crippen LogP contribution in [0.4, 0.5) is 17.1 Å². The Balaban J connectivity index is 1.76. The van der Waals surface area contributed by atoms with Crippen LogP contribution in [-0.2, 0) is 0 Å². The van der Waals surface area contributed by atoms with Crippen LogP contribution < -0.4 is 20.3 Å². The summed E-state index contributed by atoms with van der Waals surface area (Å²) in [5, 5.41) is 0. The van der Waals surface area contributed by atoms with Gasteiger partial charge >= 0.3 is 0 Å². The average molecular weight is 311 g/mol. The van der Waals surface area contributed by atoms with E-state index in [0.717, 1.165) is 60.8 Å². The highest BCUT2D eigenvalue weighted by atomic mass is 16.5. The van der Waals surface area contributed by atoms with Crippen LogP contribution in [0, 0.1) is 0 Å². The van der Waals surface area contributed by atoms with Crippen molar-refractivity contribution in [3.8, 4) is 5.75 Å². The molecule has 0 saturated carbocycles. The number of aldehydes is 1. The Kier molecular flexibility index (Phi) is 4.37. The minimum absolute atomic E-state index is 0.731. The zero-order valence-electron chi connectivity index (χ0n) is 13.2. The highest BCUT2D eigenvalue weighted by Crippen LogP contribution is 2.31. The van der Waals surface area contributed by atoms with Crippen molar-refractivity contribution in [2.24, 2.45) is 0 Å². The number of piperazine rings is 1. The number of carbonyl (C=O) groups excluding carboxylic acids is 1. The van der Waals surface area contributed by atoms with Gasteiger partial charge in [0.05, 0.1) is 12.8 Å². The lowest BCUT2D eigenvalue weighted by Crippen LogP contribution is -2.47. The van der Waals surface area contributed by atoms with E-state index in [9.17, 15) is 4.79 Å². The molecule has 0 radical (unpaired) electrons. The van der Waals surface area contributed by atoms with Crippen LogP contribution in [0.3, 0.4) is 0 Å². The molecule has 1 fully saturated rings. The van der Waals surface area contributed by atoms with E-state index in [0.29, 0.717) is 0 Å². The van der Waals surface area contributed by atoms with Gasteiger partial charge in [-0.15, -0.1) is 0 Å². The maximum atomic E-state index is 11.2. The van der Waals surface area contributed by atoms with Crippen molar-refractivity contribution in [3.05, 3.63) is 48.0 Å². The molecule has 23 heavy (non-hydrogen) atoms.